The standard InChI is InChI=1S/C19H19NO6/c1-2-25-18(23)12-20(15-6-4-3-5-7-15)17(22)13-26-19(24)14-8-10-16(21)11-9-14/h3-11,21H,2,12-13H2,1H3. The Morgan fingerprint density at radius 1 is 0.962 bits per heavy atom. The molecule has 0 heterocycles. The molecule has 0 aliphatic rings. The second kappa shape index (κ2) is 9.22. The molecule has 1 amide bonds. The van der Waals surface area contributed by atoms with Crippen LogP contribution in [0, 0.1) is 0 Å². The summed E-state index contributed by atoms with van der Waals surface area (Å²) in [5.74, 6) is -1.81. The Kier molecular flexibility index (Phi) is 6.73. The van der Waals surface area contributed by atoms with Gasteiger partial charge in [-0.25, -0.2) is 4.79 Å². The average Bonchev–Trinajstić information content (AvgIpc) is 2.65. The number of hydrogen-bond donors (Lipinski definition) is 1. The first-order valence-corrected chi connectivity index (χ1v) is 7.98. The molecule has 0 bridgehead atoms. The van der Waals surface area contributed by atoms with Crippen LogP contribution >= 0.6 is 0 Å². The van der Waals surface area contributed by atoms with E-state index in [-0.39, 0.29) is 24.5 Å². The molecule has 2 aromatic rings. The molecule has 0 saturated carbocycles. The molecule has 0 radical (unpaired) electrons. The normalized spacial score (nSPS) is 10.0. The zero-order valence-electron chi connectivity index (χ0n) is 14.3. The fourth-order valence-corrected chi connectivity index (χ4v) is 2.15. The van der Waals surface area contributed by atoms with Gasteiger partial charge in [0.15, 0.2) is 6.61 Å². The van der Waals surface area contributed by atoms with E-state index in [2.05, 4.69) is 0 Å². The summed E-state index contributed by atoms with van der Waals surface area (Å²) in [5, 5.41) is 9.23. The SMILES string of the molecule is CCOC(=O)CN(C(=O)COC(=O)c1ccc(O)cc1)c1ccccc1. The predicted octanol–water partition coefficient (Wildman–Crippen LogP) is 2.15. The average molecular weight is 357 g/mol. The lowest BCUT2D eigenvalue weighted by molar-refractivity contribution is -0.142. The van der Waals surface area contributed by atoms with Crippen molar-refractivity contribution in [3.63, 3.8) is 0 Å². The van der Waals surface area contributed by atoms with Gasteiger partial charge in [-0.2, -0.15) is 0 Å². The highest BCUT2D eigenvalue weighted by Gasteiger charge is 2.21. The molecule has 2 rings (SSSR count). The van der Waals surface area contributed by atoms with Gasteiger partial charge in [0, 0.05) is 5.69 Å². The molecular formula is C19H19NO6. The van der Waals surface area contributed by atoms with Gasteiger partial charge in [0.2, 0.25) is 0 Å². The van der Waals surface area contributed by atoms with E-state index in [0.717, 1.165) is 0 Å². The molecule has 26 heavy (non-hydrogen) atoms. The van der Waals surface area contributed by atoms with Crippen molar-refractivity contribution < 1.29 is 29.0 Å². The molecule has 2 aromatic carbocycles. The van der Waals surface area contributed by atoms with E-state index in [4.69, 9.17) is 9.47 Å². The van der Waals surface area contributed by atoms with E-state index in [1.54, 1.807) is 37.3 Å². The Bertz CT molecular complexity index is 757. The number of esters is 2. The maximum Gasteiger partial charge on any atom is 0.338 e. The van der Waals surface area contributed by atoms with Gasteiger partial charge in [0.1, 0.15) is 12.3 Å². The number of aromatic hydroxyl groups is 1. The Morgan fingerprint density at radius 2 is 1.62 bits per heavy atom. The van der Waals surface area contributed by atoms with E-state index in [1.807, 2.05) is 0 Å². The van der Waals surface area contributed by atoms with Gasteiger partial charge in [-0.05, 0) is 43.3 Å². The molecule has 0 atom stereocenters. The van der Waals surface area contributed by atoms with Gasteiger partial charge < -0.3 is 14.6 Å². The highest BCUT2D eigenvalue weighted by Crippen LogP contribution is 2.15. The number of para-hydroxylation sites is 1. The number of benzene rings is 2. The molecule has 0 spiro atoms. The van der Waals surface area contributed by atoms with E-state index < -0.39 is 24.5 Å². The highest BCUT2D eigenvalue weighted by atomic mass is 16.5. The van der Waals surface area contributed by atoms with E-state index in [1.165, 1.54) is 29.2 Å². The van der Waals surface area contributed by atoms with Crippen molar-refractivity contribution >= 4 is 23.5 Å². The van der Waals surface area contributed by atoms with Crippen molar-refractivity contribution in [2.45, 2.75) is 6.92 Å². The maximum atomic E-state index is 12.5. The number of anilines is 1. The third kappa shape index (κ3) is 5.34. The van der Waals surface area contributed by atoms with E-state index >= 15 is 0 Å². The van der Waals surface area contributed by atoms with Crippen molar-refractivity contribution in [3.8, 4) is 5.75 Å². The van der Waals surface area contributed by atoms with Gasteiger partial charge in [-0.1, -0.05) is 18.2 Å². The van der Waals surface area contributed by atoms with E-state index in [9.17, 15) is 19.5 Å². The van der Waals surface area contributed by atoms with Crippen LogP contribution in [0.4, 0.5) is 5.69 Å². The van der Waals surface area contributed by atoms with Gasteiger partial charge in [-0.15, -0.1) is 0 Å². The molecule has 0 aliphatic carbocycles. The predicted molar refractivity (Wildman–Crippen MR) is 93.8 cm³/mol. The van der Waals surface area contributed by atoms with E-state index in [0.29, 0.717) is 5.69 Å². The molecule has 7 nitrogen and oxygen atoms in total. The Balaban J connectivity index is 2.04. The molecule has 0 fully saturated rings. The second-order valence-corrected chi connectivity index (χ2v) is 5.24. The maximum absolute atomic E-state index is 12.5. The lowest BCUT2D eigenvalue weighted by Gasteiger charge is -2.21. The number of ether oxygens (including phenoxy) is 2. The first-order valence-electron chi connectivity index (χ1n) is 7.98. The monoisotopic (exact) mass is 357 g/mol. The lowest BCUT2D eigenvalue weighted by Crippen LogP contribution is -2.39. The number of rotatable bonds is 7. The van der Waals surface area contributed by atoms with Crippen LogP contribution in [0.5, 0.6) is 5.75 Å². The topological polar surface area (TPSA) is 93.1 Å². The number of nitrogens with zero attached hydrogens (tertiary/aromatic N) is 1. The second-order valence-electron chi connectivity index (χ2n) is 5.24. The quantitative estimate of drug-likeness (QED) is 0.763. The van der Waals surface area contributed by atoms with Gasteiger partial charge in [-0.3, -0.25) is 14.5 Å². The molecular weight excluding hydrogens is 338 g/mol. The highest BCUT2D eigenvalue weighted by molar-refractivity contribution is 6.00. The zero-order valence-corrected chi connectivity index (χ0v) is 14.3. The number of carbonyl (C=O) groups excluding carboxylic acids is 3. The summed E-state index contributed by atoms with van der Waals surface area (Å²) in [6.07, 6.45) is 0. The molecule has 7 heteroatoms. The summed E-state index contributed by atoms with van der Waals surface area (Å²) in [6, 6.07) is 14.0. The summed E-state index contributed by atoms with van der Waals surface area (Å²) in [4.78, 5) is 37.4. The fraction of sp³-hybridized carbons (Fsp3) is 0.211. The Morgan fingerprint density at radius 3 is 2.23 bits per heavy atom. The first kappa shape index (κ1) is 19.0. The lowest BCUT2D eigenvalue weighted by atomic mass is 10.2. The van der Waals surface area contributed by atoms with Crippen molar-refractivity contribution in [3.05, 3.63) is 60.2 Å². The largest absolute Gasteiger partial charge is 0.508 e. The van der Waals surface area contributed by atoms with Crippen molar-refractivity contribution in [2.75, 3.05) is 24.7 Å². The van der Waals surface area contributed by atoms with Crippen LogP contribution in [0.1, 0.15) is 17.3 Å². The third-order valence-corrected chi connectivity index (χ3v) is 3.39. The number of phenolic OH excluding ortho intramolecular Hbond substituents is 1. The summed E-state index contributed by atoms with van der Waals surface area (Å²) in [7, 11) is 0. The van der Waals surface area contributed by atoms with Crippen LogP contribution in [-0.2, 0) is 19.1 Å². The van der Waals surface area contributed by atoms with Crippen molar-refractivity contribution in [2.24, 2.45) is 0 Å². The Hall–Kier alpha value is -3.35. The molecule has 0 saturated heterocycles. The van der Waals surface area contributed by atoms with Crippen LogP contribution < -0.4 is 4.90 Å². The summed E-state index contributed by atoms with van der Waals surface area (Å²) in [6.45, 7) is 1.05. The third-order valence-electron chi connectivity index (χ3n) is 3.39. The number of phenols is 1. The minimum absolute atomic E-state index is 0.0160. The zero-order chi connectivity index (χ0) is 18.9. The Labute approximate surface area is 150 Å². The molecule has 1 N–H and O–H groups in total. The minimum atomic E-state index is -0.706. The molecule has 0 unspecified atom stereocenters. The van der Waals surface area contributed by atoms with Crippen LogP contribution in [0.2, 0.25) is 0 Å². The van der Waals surface area contributed by atoms with Crippen LogP contribution in [-0.4, -0.2) is 42.7 Å². The van der Waals surface area contributed by atoms with Crippen molar-refractivity contribution in [1.29, 1.82) is 0 Å². The molecule has 0 aliphatic heterocycles. The first-order chi connectivity index (χ1) is 12.5. The van der Waals surface area contributed by atoms with Gasteiger partial charge in [0.25, 0.3) is 5.91 Å². The molecule has 136 valence electrons. The molecule has 0 aromatic heterocycles. The van der Waals surface area contributed by atoms with Crippen LogP contribution in [0.25, 0.3) is 0 Å². The fourth-order valence-electron chi connectivity index (χ4n) is 2.15. The number of carbonyl (C=O) groups is 3. The smallest absolute Gasteiger partial charge is 0.338 e. The summed E-state index contributed by atoms with van der Waals surface area (Å²) < 4.78 is 9.90. The van der Waals surface area contributed by atoms with Gasteiger partial charge in [0.05, 0.1) is 12.2 Å². The number of amides is 1. The number of hydrogen-bond acceptors (Lipinski definition) is 6. The van der Waals surface area contributed by atoms with Crippen LogP contribution in [0.15, 0.2) is 54.6 Å². The summed E-state index contributed by atoms with van der Waals surface area (Å²) in [5.41, 5.74) is 0.693. The van der Waals surface area contributed by atoms with Gasteiger partial charge >= 0.3 is 11.9 Å². The summed E-state index contributed by atoms with van der Waals surface area (Å²) >= 11 is 0. The minimum Gasteiger partial charge on any atom is -0.508 e. The van der Waals surface area contributed by atoms with Crippen molar-refractivity contribution in [1.82, 2.24) is 0 Å². The van der Waals surface area contributed by atoms with Crippen LogP contribution in [0.3, 0.4) is 0 Å².